The maximum Gasteiger partial charge on any atom is 0.339 e. The Morgan fingerprint density at radius 1 is 1.02 bits per heavy atom. The fraction of sp³-hybridized carbons (Fsp3) is 0.103. The van der Waals surface area contributed by atoms with E-state index >= 15 is 0 Å². The van der Waals surface area contributed by atoms with Crippen LogP contribution in [0.1, 0.15) is 0 Å². The molecular weight excluding hydrogens is 513 g/mol. The summed E-state index contributed by atoms with van der Waals surface area (Å²) in [4.78, 5) is 36.4. The number of amides is 1. The van der Waals surface area contributed by atoms with Crippen molar-refractivity contribution in [3.63, 3.8) is 0 Å². The molecule has 2 aromatic heterocycles. The van der Waals surface area contributed by atoms with Gasteiger partial charge in [-0.25, -0.2) is 23.7 Å². The first-order valence-electron chi connectivity index (χ1n) is 12.3. The summed E-state index contributed by atoms with van der Waals surface area (Å²) in [7, 11) is 3.45. The van der Waals surface area contributed by atoms with E-state index in [0.29, 0.717) is 46.3 Å². The Kier molecular flexibility index (Phi) is 7.38. The molecule has 2 heterocycles. The number of fused-ring (bicyclic) bond motifs is 1. The smallest absolute Gasteiger partial charge is 0.339 e. The number of carbonyl (C=O) groups excluding carboxylic acids is 1. The van der Waals surface area contributed by atoms with Gasteiger partial charge in [0.15, 0.2) is 11.5 Å². The standard InChI is InChI=1S/C29H26FN7O3/c1-32-15-5-10-25(38)35(2)21-7-4-8-22(17-21)37-28-26(27(31)33-18-34-28)36(29(37)39)20-11-13-23(14-12-20)40-24-9-3-6-19(30)16-24/h3-14,16-18,32H,15H2,1-2H3,(H2,31,33,34). The minimum atomic E-state index is -0.430. The number of hydrogen-bond acceptors (Lipinski definition) is 7. The SMILES string of the molecule is CNCC=CC(=O)N(C)c1cccc(-n2c(=O)n(-c3ccc(Oc4cccc(F)c4)cc3)c3c(N)ncnc32)c1. The number of aromatic nitrogens is 4. The molecule has 0 aliphatic carbocycles. The van der Waals surface area contributed by atoms with Crippen LogP contribution in [-0.2, 0) is 4.79 Å². The normalized spacial score (nSPS) is 11.3. The first-order valence-corrected chi connectivity index (χ1v) is 12.3. The number of halogens is 1. The molecule has 0 bridgehead atoms. The number of ether oxygens (including phenoxy) is 1. The van der Waals surface area contributed by atoms with Crippen molar-refractivity contribution in [2.24, 2.45) is 0 Å². The van der Waals surface area contributed by atoms with Crippen molar-refractivity contribution in [1.29, 1.82) is 0 Å². The molecule has 202 valence electrons. The van der Waals surface area contributed by atoms with Crippen LogP contribution in [0.15, 0.2) is 96.1 Å². The van der Waals surface area contributed by atoms with Gasteiger partial charge in [-0.1, -0.05) is 18.2 Å². The lowest BCUT2D eigenvalue weighted by molar-refractivity contribution is -0.113. The van der Waals surface area contributed by atoms with Crippen LogP contribution in [0, 0.1) is 5.82 Å². The van der Waals surface area contributed by atoms with E-state index in [4.69, 9.17) is 10.5 Å². The van der Waals surface area contributed by atoms with Crippen LogP contribution >= 0.6 is 0 Å². The third-order valence-electron chi connectivity index (χ3n) is 6.16. The number of rotatable bonds is 8. The summed E-state index contributed by atoms with van der Waals surface area (Å²) in [6.45, 7) is 0.563. The lowest BCUT2D eigenvalue weighted by Gasteiger charge is -2.16. The second kappa shape index (κ2) is 11.2. The van der Waals surface area contributed by atoms with Crippen molar-refractivity contribution in [2.75, 3.05) is 31.3 Å². The van der Waals surface area contributed by atoms with Gasteiger partial charge in [0.25, 0.3) is 0 Å². The van der Waals surface area contributed by atoms with E-state index in [1.165, 1.54) is 38.6 Å². The van der Waals surface area contributed by atoms with Crippen molar-refractivity contribution in [3.8, 4) is 22.9 Å². The van der Waals surface area contributed by atoms with Gasteiger partial charge in [0, 0.05) is 31.4 Å². The molecule has 11 heteroatoms. The summed E-state index contributed by atoms with van der Waals surface area (Å²) in [6.07, 6.45) is 4.51. The monoisotopic (exact) mass is 539 g/mol. The zero-order valence-electron chi connectivity index (χ0n) is 21.8. The number of nitrogens with one attached hydrogen (secondary N) is 1. The van der Waals surface area contributed by atoms with Crippen molar-refractivity contribution < 1.29 is 13.9 Å². The fourth-order valence-corrected chi connectivity index (χ4v) is 4.21. The molecule has 0 saturated carbocycles. The molecule has 0 aliphatic rings. The van der Waals surface area contributed by atoms with E-state index < -0.39 is 11.5 Å². The number of nitrogen functional groups attached to an aromatic ring is 1. The average Bonchev–Trinajstić information content (AvgIpc) is 3.26. The number of benzene rings is 3. The van der Waals surface area contributed by atoms with Crippen LogP contribution in [0.25, 0.3) is 22.5 Å². The molecule has 0 fully saturated rings. The topological polar surface area (TPSA) is 120 Å². The average molecular weight is 540 g/mol. The Morgan fingerprint density at radius 3 is 2.55 bits per heavy atom. The number of nitrogens with zero attached hydrogens (tertiary/aromatic N) is 5. The molecular formula is C29H26FN7O3. The molecule has 0 atom stereocenters. The van der Waals surface area contributed by atoms with E-state index in [9.17, 15) is 14.0 Å². The lowest BCUT2D eigenvalue weighted by Crippen LogP contribution is -2.25. The number of likely N-dealkylation sites (N-methyl/N-ethyl adjacent to an activating group) is 2. The Balaban J connectivity index is 1.55. The molecule has 3 N–H and O–H groups in total. The Hall–Kier alpha value is -5.29. The molecule has 0 radical (unpaired) electrons. The van der Waals surface area contributed by atoms with E-state index in [1.807, 2.05) is 0 Å². The van der Waals surface area contributed by atoms with Crippen LogP contribution < -0.4 is 26.4 Å². The highest BCUT2D eigenvalue weighted by molar-refractivity contribution is 6.01. The number of carbonyl (C=O) groups is 1. The van der Waals surface area contributed by atoms with E-state index in [-0.39, 0.29) is 11.7 Å². The molecule has 1 amide bonds. The predicted molar refractivity (Wildman–Crippen MR) is 152 cm³/mol. The van der Waals surface area contributed by atoms with E-state index in [1.54, 1.807) is 80.8 Å². The van der Waals surface area contributed by atoms with Crippen molar-refractivity contribution >= 4 is 28.6 Å². The third-order valence-corrected chi connectivity index (χ3v) is 6.16. The summed E-state index contributed by atoms with van der Waals surface area (Å²) in [6, 6.07) is 19.5. The highest BCUT2D eigenvalue weighted by Crippen LogP contribution is 2.27. The quantitative estimate of drug-likeness (QED) is 0.288. The zero-order chi connectivity index (χ0) is 28.2. The van der Waals surface area contributed by atoms with Crippen LogP contribution in [0.5, 0.6) is 11.5 Å². The van der Waals surface area contributed by atoms with Gasteiger partial charge in [-0.3, -0.25) is 9.36 Å². The van der Waals surface area contributed by atoms with Gasteiger partial charge < -0.3 is 20.7 Å². The highest BCUT2D eigenvalue weighted by atomic mass is 19.1. The van der Waals surface area contributed by atoms with Gasteiger partial charge in [0.05, 0.1) is 11.4 Å². The van der Waals surface area contributed by atoms with Crippen LogP contribution in [-0.4, -0.2) is 45.6 Å². The zero-order valence-corrected chi connectivity index (χ0v) is 21.8. The third kappa shape index (κ3) is 5.18. The Labute approximate surface area is 228 Å². The van der Waals surface area contributed by atoms with E-state index in [0.717, 1.165) is 0 Å². The fourth-order valence-electron chi connectivity index (χ4n) is 4.21. The van der Waals surface area contributed by atoms with Gasteiger partial charge in [-0.15, -0.1) is 0 Å². The Bertz CT molecular complexity index is 1780. The summed E-state index contributed by atoms with van der Waals surface area (Å²) >= 11 is 0. The largest absolute Gasteiger partial charge is 0.457 e. The summed E-state index contributed by atoms with van der Waals surface area (Å²) in [5.74, 6) is 0.307. The lowest BCUT2D eigenvalue weighted by atomic mass is 10.2. The second-order valence-corrected chi connectivity index (χ2v) is 8.82. The second-order valence-electron chi connectivity index (χ2n) is 8.82. The predicted octanol–water partition coefficient (Wildman–Crippen LogP) is 3.82. The van der Waals surface area contributed by atoms with E-state index in [2.05, 4.69) is 15.3 Å². The maximum absolute atomic E-state index is 13.9. The molecule has 40 heavy (non-hydrogen) atoms. The molecule has 0 aliphatic heterocycles. The van der Waals surface area contributed by atoms with Crippen molar-refractivity contribution in [2.45, 2.75) is 0 Å². The van der Waals surface area contributed by atoms with Gasteiger partial charge in [0.1, 0.15) is 29.2 Å². The molecule has 5 rings (SSSR count). The molecule has 5 aromatic rings. The molecule has 0 saturated heterocycles. The number of anilines is 2. The van der Waals surface area contributed by atoms with Crippen LogP contribution in [0.3, 0.4) is 0 Å². The summed E-state index contributed by atoms with van der Waals surface area (Å²) in [5, 5.41) is 2.95. The number of nitrogens with two attached hydrogens (primary N) is 1. The minimum absolute atomic E-state index is 0.124. The van der Waals surface area contributed by atoms with Gasteiger partial charge in [-0.2, -0.15) is 0 Å². The van der Waals surface area contributed by atoms with Crippen LogP contribution in [0.2, 0.25) is 0 Å². The Morgan fingerprint density at radius 2 is 1.80 bits per heavy atom. The van der Waals surface area contributed by atoms with Gasteiger partial charge in [0.2, 0.25) is 5.91 Å². The maximum atomic E-state index is 13.9. The first kappa shape index (κ1) is 26.3. The molecule has 10 nitrogen and oxygen atoms in total. The minimum Gasteiger partial charge on any atom is -0.457 e. The number of imidazole rings is 1. The molecule has 0 unspecified atom stereocenters. The highest BCUT2D eigenvalue weighted by Gasteiger charge is 2.21. The van der Waals surface area contributed by atoms with Gasteiger partial charge >= 0.3 is 5.69 Å². The summed E-state index contributed by atoms with van der Waals surface area (Å²) in [5.41, 5.74) is 8.01. The first-order chi connectivity index (χ1) is 19.4. The summed E-state index contributed by atoms with van der Waals surface area (Å²) < 4.78 is 22.1. The molecule has 0 spiro atoms. The molecule has 3 aromatic carbocycles. The van der Waals surface area contributed by atoms with Crippen LogP contribution in [0.4, 0.5) is 15.9 Å². The van der Waals surface area contributed by atoms with Gasteiger partial charge in [-0.05, 0) is 61.6 Å². The van der Waals surface area contributed by atoms with Crippen molar-refractivity contribution in [1.82, 2.24) is 24.4 Å². The number of hydrogen-bond donors (Lipinski definition) is 2. The van der Waals surface area contributed by atoms with Crippen molar-refractivity contribution in [3.05, 3.63) is 108 Å².